The number of benzene rings is 2. The van der Waals surface area contributed by atoms with E-state index in [9.17, 15) is 19.7 Å². The van der Waals surface area contributed by atoms with E-state index in [0.29, 0.717) is 27.5 Å². The highest BCUT2D eigenvalue weighted by atomic mass is 35.5. The molecule has 0 bridgehead atoms. The molecule has 1 atom stereocenters. The number of halogens is 1. The maximum Gasteiger partial charge on any atom is 0.336 e. The van der Waals surface area contributed by atoms with Gasteiger partial charge in [-0.05, 0) is 23.8 Å². The normalized spacial score (nSPS) is 19.1. The van der Waals surface area contributed by atoms with Crippen LogP contribution in [-0.2, 0) is 14.3 Å². The molecule has 8 heteroatoms. The maximum absolute atomic E-state index is 12.9. The third-order valence-electron chi connectivity index (χ3n) is 4.67. The molecule has 0 aromatic heterocycles. The highest BCUT2D eigenvalue weighted by Crippen LogP contribution is 2.42. The molecule has 7 nitrogen and oxygen atoms in total. The van der Waals surface area contributed by atoms with Crippen LogP contribution in [-0.4, -0.2) is 23.4 Å². The lowest BCUT2D eigenvalue weighted by Gasteiger charge is -2.31. The first-order valence-corrected chi connectivity index (χ1v) is 8.56. The van der Waals surface area contributed by atoms with E-state index >= 15 is 0 Å². The fraction of sp³-hybridized carbons (Fsp3) is 0.158. The first-order chi connectivity index (χ1) is 13.0. The second-order valence-electron chi connectivity index (χ2n) is 6.25. The fourth-order valence-corrected chi connectivity index (χ4v) is 3.69. The average molecular weight is 385 g/mol. The molecule has 0 saturated heterocycles. The second-order valence-corrected chi connectivity index (χ2v) is 6.69. The van der Waals surface area contributed by atoms with Gasteiger partial charge in [-0.1, -0.05) is 29.8 Å². The molecule has 2 heterocycles. The number of rotatable bonds is 3. The van der Waals surface area contributed by atoms with Gasteiger partial charge in [0.1, 0.15) is 6.61 Å². The Morgan fingerprint density at radius 2 is 1.93 bits per heavy atom. The summed E-state index contributed by atoms with van der Waals surface area (Å²) in [7, 11) is 0. The molecule has 2 aromatic carbocycles. The van der Waals surface area contributed by atoms with E-state index in [4.69, 9.17) is 16.3 Å². The number of hydrogen-bond donors (Lipinski definition) is 0. The molecule has 0 saturated carbocycles. The third-order valence-corrected chi connectivity index (χ3v) is 4.90. The lowest BCUT2D eigenvalue weighted by Crippen LogP contribution is -2.37. The summed E-state index contributed by atoms with van der Waals surface area (Å²) < 4.78 is 5.19. The molecule has 2 aromatic rings. The van der Waals surface area contributed by atoms with E-state index in [0.717, 1.165) is 0 Å². The Morgan fingerprint density at radius 1 is 1.15 bits per heavy atom. The number of nitro groups is 1. The van der Waals surface area contributed by atoms with Gasteiger partial charge in [0.25, 0.3) is 5.69 Å². The zero-order chi connectivity index (χ0) is 19.1. The van der Waals surface area contributed by atoms with Gasteiger partial charge in [0.15, 0.2) is 0 Å². The number of nitrogens with zero attached hydrogens (tertiary/aromatic N) is 2. The zero-order valence-electron chi connectivity index (χ0n) is 13.9. The minimum Gasteiger partial charge on any atom is -0.456 e. The zero-order valence-corrected chi connectivity index (χ0v) is 14.7. The molecule has 0 unspecified atom stereocenters. The fourth-order valence-electron chi connectivity index (χ4n) is 3.51. The smallest absolute Gasteiger partial charge is 0.336 e. The Kier molecular flexibility index (Phi) is 4.16. The molecular weight excluding hydrogens is 372 g/mol. The van der Waals surface area contributed by atoms with E-state index in [1.165, 1.54) is 17.0 Å². The van der Waals surface area contributed by atoms with E-state index in [-0.39, 0.29) is 24.6 Å². The summed E-state index contributed by atoms with van der Waals surface area (Å²) in [6, 6.07) is 12.8. The van der Waals surface area contributed by atoms with Crippen LogP contribution in [0.3, 0.4) is 0 Å². The van der Waals surface area contributed by atoms with Gasteiger partial charge in [0.2, 0.25) is 5.91 Å². The number of nitro benzene ring substituents is 1. The Labute approximate surface area is 158 Å². The summed E-state index contributed by atoms with van der Waals surface area (Å²) in [6.07, 6.45) is 0.00160. The van der Waals surface area contributed by atoms with Crippen molar-refractivity contribution < 1.29 is 19.2 Å². The third kappa shape index (κ3) is 2.96. The van der Waals surface area contributed by atoms with Crippen molar-refractivity contribution in [1.29, 1.82) is 0 Å². The van der Waals surface area contributed by atoms with Gasteiger partial charge < -0.3 is 4.74 Å². The Morgan fingerprint density at radius 3 is 2.67 bits per heavy atom. The minimum absolute atomic E-state index is 0.00160. The van der Waals surface area contributed by atoms with Crippen molar-refractivity contribution in [2.45, 2.75) is 12.3 Å². The van der Waals surface area contributed by atoms with Crippen LogP contribution >= 0.6 is 11.6 Å². The maximum atomic E-state index is 12.9. The van der Waals surface area contributed by atoms with Gasteiger partial charge in [-0.3, -0.25) is 19.8 Å². The number of carbonyl (C=O) groups excluding carboxylic acids is 2. The van der Waals surface area contributed by atoms with Gasteiger partial charge >= 0.3 is 5.97 Å². The Bertz CT molecular complexity index is 1020. The summed E-state index contributed by atoms with van der Waals surface area (Å²) in [5.41, 5.74) is 1.81. The van der Waals surface area contributed by atoms with Crippen molar-refractivity contribution >= 4 is 34.9 Å². The van der Waals surface area contributed by atoms with E-state index < -0.39 is 16.8 Å². The van der Waals surface area contributed by atoms with Crippen molar-refractivity contribution in [1.82, 2.24) is 0 Å². The first kappa shape index (κ1) is 17.2. The number of ether oxygens (including phenoxy) is 1. The van der Waals surface area contributed by atoms with Crippen LogP contribution in [0.1, 0.15) is 17.9 Å². The van der Waals surface area contributed by atoms with Crippen LogP contribution in [0.5, 0.6) is 0 Å². The molecule has 0 radical (unpaired) electrons. The molecule has 4 rings (SSSR count). The lowest BCUT2D eigenvalue weighted by molar-refractivity contribution is -0.384. The minimum atomic E-state index is -0.585. The number of hydrogen-bond acceptors (Lipinski definition) is 5. The lowest BCUT2D eigenvalue weighted by atomic mass is 9.84. The van der Waals surface area contributed by atoms with E-state index in [1.807, 2.05) is 0 Å². The summed E-state index contributed by atoms with van der Waals surface area (Å²) in [5.74, 6) is -1.33. The summed E-state index contributed by atoms with van der Waals surface area (Å²) in [4.78, 5) is 37.3. The average Bonchev–Trinajstić information content (AvgIpc) is 3.02. The first-order valence-electron chi connectivity index (χ1n) is 8.19. The monoisotopic (exact) mass is 384 g/mol. The molecule has 2 aliphatic heterocycles. The van der Waals surface area contributed by atoms with Gasteiger partial charge in [0, 0.05) is 29.5 Å². The Hall–Kier alpha value is -3.19. The topological polar surface area (TPSA) is 89.7 Å². The number of carbonyl (C=O) groups is 2. The van der Waals surface area contributed by atoms with E-state index in [2.05, 4.69) is 0 Å². The number of anilines is 1. The molecule has 0 aliphatic carbocycles. The van der Waals surface area contributed by atoms with Crippen LogP contribution in [0.4, 0.5) is 11.4 Å². The van der Waals surface area contributed by atoms with Crippen LogP contribution in [0.15, 0.2) is 59.8 Å². The van der Waals surface area contributed by atoms with Gasteiger partial charge in [-0.15, -0.1) is 0 Å². The van der Waals surface area contributed by atoms with Crippen molar-refractivity contribution in [3.8, 4) is 0 Å². The molecule has 2 aliphatic rings. The van der Waals surface area contributed by atoms with Crippen molar-refractivity contribution in [3.63, 3.8) is 0 Å². The van der Waals surface area contributed by atoms with Crippen molar-refractivity contribution in [2.24, 2.45) is 0 Å². The SMILES string of the molecule is O=C1OCC2=C1[C@H](c1cccc([N+](=O)[O-])c1)CC(=O)N2c1cccc(Cl)c1. The quantitative estimate of drug-likeness (QED) is 0.458. The number of cyclic esters (lactones) is 1. The number of non-ortho nitro benzene ring substituents is 1. The molecule has 0 fully saturated rings. The highest BCUT2D eigenvalue weighted by Gasteiger charge is 2.43. The molecule has 0 spiro atoms. The van der Waals surface area contributed by atoms with Crippen molar-refractivity contribution in [3.05, 3.63) is 80.5 Å². The molecular formula is C19H13ClN2O5. The molecule has 0 N–H and O–H groups in total. The molecule has 1 amide bonds. The van der Waals surface area contributed by atoms with Crippen LogP contribution in [0.25, 0.3) is 0 Å². The highest BCUT2D eigenvalue weighted by molar-refractivity contribution is 6.31. The van der Waals surface area contributed by atoms with Crippen LogP contribution in [0, 0.1) is 10.1 Å². The predicted molar refractivity (Wildman–Crippen MR) is 97.4 cm³/mol. The van der Waals surface area contributed by atoms with Crippen LogP contribution < -0.4 is 4.90 Å². The Balaban J connectivity index is 1.83. The number of esters is 1. The van der Waals surface area contributed by atoms with Gasteiger partial charge in [0.05, 0.1) is 21.9 Å². The summed E-state index contributed by atoms with van der Waals surface area (Å²) >= 11 is 6.04. The van der Waals surface area contributed by atoms with Gasteiger partial charge in [-0.2, -0.15) is 0 Å². The van der Waals surface area contributed by atoms with E-state index in [1.54, 1.807) is 36.4 Å². The summed E-state index contributed by atoms with van der Waals surface area (Å²) in [5, 5.41) is 11.5. The molecule has 136 valence electrons. The summed E-state index contributed by atoms with van der Waals surface area (Å²) in [6.45, 7) is -0.0299. The predicted octanol–water partition coefficient (Wildman–Crippen LogP) is 3.58. The van der Waals surface area contributed by atoms with Crippen LogP contribution in [0.2, 0.25) is 5.02 Å². The largest absolute Gasteiger partial charge is 0.456 e. The molecule has 27 heavy (non-hydrogen) atoms. The number of amides is 1. The van der Waals surface area contributed by atoms with Crippen molar-refractivity contribution in [2.75, 3.05) is 11.5 Å². The second kappa shape index (κ2) is 6.51. The standard InChI is InChI=1S/C19H13ClN2O5/c20-12-4-2-5-13(8-12)21-16-10-27-19(24)18(16)15(9-17(21)23)11-3-1-6-14(7-11)22(25)26/h1-8,15H,9-10H2/t15-/m0/s1. The van der Waals surface area contributed by atoms with Gasteiger partial charge in [-0.25, -0.2) is 4.79 Å².